The number of hydrogen-bond donors (Lipinski definition) is 1. The minimum atomic E-state index is 0.393. The third kappa shape index (κ3) is 3.48. The molecule has 1 aliphatic heterocycles. The van der Waals surface area contributed by atoms with E-state index in [-0.39, 0.29) is 0 Å². The fraction of sp³-hybridized carbons (Fsp3) is 0.625. The maximum atomic E-state index is 5.42. The number of nitrogens with one attached hydrogen (secondary N) is 1. The van der Waals surface area contributed by atoms with Crippen molar-refractivity contribution in [2.75, 3.05) is 31.6 Å². The molecule has 0 spiro atoms. The minimum absolute atomic E-state index is 0.393. The molecule has 1 N–H and O–H groups in total. The molecule has 19 heavy (non-hydrogen) atoms. The number of methoxy groups -OCH3 is 1. The normalized spacial score (nSPS) is 20.8. The van der Waals surface area contributed by atoms with Gasteiger partial charge in [-0.1, -0.05) is 26.0 Å². The van der Waals surface area contributed by atoms with E-state index in [0.29, 0.717) is 12.1 Å². The summed E-state index contributed by atoms with van der Waals surface area (Å²) in [5, 5.41) is 3.52. The highest BCUT2D eigenvalue weighted by Gasteiger charge is 2.22. The summed E-state index contributed by atoms with van der Waals surface area (Å²) in [6, 6.07) is 9.48. The van der Waals surface area contributed by atoms with Crippen LogP contribution in [-0.4, -0.2) is 32.8 Å². The quantitative estimate of drug-likeness (QED) is 0.853. The van der Waals surface area contributed by atoms with Crippen LogP contribution < -0.4 is 10.2 Å². The van der Waals surface area contributed by atoms with Crippen LogP contribution in [0.15, 0.2) is 24.3 Å². The Balaban J connectivity index is 2.02. The zero-order chi connectivity index (χ0) is 13.7. The molecule has 0 saturated carbocycles. The number of nitrogens with zero attached hydrogens (tertiary/aromatic N) is 1. The Labute approximate surface area is 116 Å². The highest BCUT2D eigenvalue weighted by atomic mass is 16.5. The smallest absolute Gasteiger partial charge is 0.0762 e. The van der Waals surface area contributed by atoms with Gasteiger partial charge in [-0.25, -0.2) is 0 Å². The second-order valence-corrected chi connectivity index (χ2v) is 5.20. The van der Waals surface area contributed by atoms with Crippen LogP contribution in [0.1, 0.15) is 38.3 Å². The predicted octanol–water partition coefficient (Wildman–Crippen LogP) is 2.97. The molecular formula is C16H26N2O. The van der Waals surface area contributed by atoms with E-state index in [1.165, 1.54) is 11.3 Å². The lowest BCUT2D eigenvalue weighted by molar-refractivity contribution is 0.121. The van der Waals surface area contributed by atoms with Gasteiger partial charge < -0.3 is 15.0 Å². The Morgan fingerprint density at radius 1 is 1.32 bits per heavy atom. The Bertz CT molecular complexity index is 377. The molecular weight excluding hydrogens is 236 g/mol. The van der Waals surface area contributed by atoms with E-state index in [1.807, 2.05) is 0 Å². The molecule has 2 unspecified atom stereocenters. The zero-order valence-corrected chi connectivity index (χ0v) is 12.4. The molecule has 3 heteroatoms. The summed E-state index contributed by atoms with van der Waals surface area (Å²) >= 11 is 0. The molecule has 1 aromatic carbocycles. The van der Waals surface area contributed by atoms with Crippen LogP contribution in [0.4, 0.5) is 5.69 Å². The first-order valence-corrected chi connectivity index (χ1v) is 7.39. The van der Waals surface area contributed by atoms with Gasteiger partial charge in [0.05, 0.1) is 6.10 Å². The molecule has 0 aromatic heterocycles. The van der Waals surface area contributed by atoms with E-state index in [1.54, 1.807) is 7.11 Å². The van der Waals surface area contributed by atoms with Crippen LogP contribution in [0.3, 0.4) is 0 Å². The summed E-state index contributed by atoms with van der Waals surface area (Å²) < 4.78 is 5.42. The largest absolute Gasteiger partial charge is 0.380 e. The average molecular weight is 262 g/mol. The lowest BCUT2D eigenvalue weighted by Crippen LogP contribution is -2.22. The van der Waals surface area contributed by atoms with Crippen molar-refractivity contribution in [2.45, 2.75) is 38.8 Å². The van der Waals surface area contributed by atoms with Crippen molar-refractivity contribution in [1.82, 2.24) is 5.32 Å². The molecule has 0 radical (unpaired) electrons. The summed E-state index contributed by atoms with van der Waals surface area (Å²) in [6.45, 7) is 7.52. The fourth-order valence-electron chi connectivity index (χ4n) is 2.82. The first-order chi connectivity index (χ1) is 9.28. The van der Waals surface area contributed by atoms with Gasteiger partial charge >= 0.3 is 0 Å². The number of ether oxygens (including phenoxy) is 1. The van der Waals surface area contributed by atoms with Crippen LogP contribution >= 0.6 is 0 Å². The topological polar surface area (TPSA) is 24.5 Å². The highest BCUT2D eigenvalue weighted by molar-refractivity contribution is 5.49. The van der Waals surface area contributed by atoms with Crippen molar-refractivity contribution in [3.63, 3.8) is 0 Å². The summed E-state index contributed by atoms with van der Waals surface area (Å²) in [4.78, 5) is 2.41. The van der Waals surface area contributed by atoms with Crippen LogP contribution in [0.2, 0.25) is 0 Å². The van der Waals surface area contributed by atoms with Gasteiger partial charge in [0.2, 0.25) is 0 Å². The molecule has 106 valence electrons. The maximum absolute atomic E-state index is 5.42. The van der Waals surface area contributed by atoms with Gasteiger partial charge in [-0.05, 0) is 37.1 Å². The highest BCUT2D eigenvalue weighted by Crippen LogP contribution is 2.24. The van der Waals surface area contributed by atoms with E-state index in [9.17, 15) is 0 Å². The van der Waals surface area contributed by atoms with Crippen LogP contribution in [0, 0.1) is 0 Å². The third-order valence-electron chi connectivity index (χ3n) is 4.00. The second-order valence-electron chi connectivity index (χ2n) is 5.20. The number of rotatable bonds is 6. The fourth-order valence-corrected chi connectivity index (χ4v) is 2.82. The number of hydrogen-bond acceptors (Lipinski definition) is 3. The minimum Gasteiger partial charge on any atom is -0.380 e. The Morgan fingerprint density at radius 2 is 2.05 bits per heavy atom. The molecule has 1 saturated heterocycles. The van der Waals surface area contributed by atoms with Crippen LogP contribution in [0.5, 0.6) is 0 Å². The third-order valence-corrected chi connectivity index (χ3v) is 4.00. The van der Waals surface area contributed by atoms with Gasteiger partial charge in [0, 0.05) is 31.9 Å². The van der Waals surface area contributed by atoms with Crippen molar-refractivity contribution in [2.24, 2.45) is 0 Å². The molecule has 3 nitrogen and oxygen atoms in total. The standard InChI is InChI=1S/C16H26N2O/c1-4-16(17-5-2)13-6-8-14(9-7-13)18-11-10-15(12-18)19-3/h6-9,15-17H,4-5,10-12H2,1-3H3. The van der Waals surface area contributed by atoms with Crippen molar-refractivity contribution in [3.8, 4) is 0 Å². The van der Waals surface area contributed by atoms with Crippen LogP contribution in [0.25, 0.3) is 0 Å². The van der Waals surface area contributed by atoms with Crippen molar-refractivity contribution < 1.29 is 4.74 Å². The molecule has 0 bridgehead atoms. The molecule has 1 heterocycles. The summed E-state index contributed by atoms with van der Waals surface area (Å²) in [5.41, 5.74) is 2.70. The lowest BCUT2D eigenvalue weighted by atomic mass is 10.0. The van der Waals surface area contributed by atoms with Crippen molar-refractivity contribution >= 4 is 5.69 Å². The van der Waals surface area contributed by atoms with E-state index in [2.05, 4.69) is 48.3 Å². The van der Waals surface area contributed by atoms with E-state index >= 15 is 0 Å². The Morgan fingerprint density at radius 3 is 2.58 bits per heavy atom. The first kappa shape index (κ1) is 14.4. The Hall–Kier alpha value is -1.06. The van der Waals surface area contributed by atoms with Gasteiger partial charge in [-0.3, -0.25) is 0 Å². The van der Waals surface area contributed by atoms with E-state index in [4.69, 9.17) is 4.74 Å². The van der Waals surface area contributed by atoms with Gasteiger partial charge in [0.1, 0.15) is 0 Å². The summed E-state index contributed by atoms with van der Waals surface area (Å²) in [5.74, 6) is 0. The second kappa shape index (κ2) is 6.92. The Kier molecular flexibility index (Phi) is 5.23. The van der Waals surface area contributed by atoms with Crippen molar-refractivity contribution in [1.29, 1.82) is 0 Å². The molecule has 0 aliphatic carbocycles. The van der Waals surface area contributed by atoms with E-state index in [0.717, 1.165) is 32.5 Å². The molecule has 0 amide bonds. The van der Waals surface area contributed by atoms with E-state index < -0.39 is 0 Å². The monoisotopic (exact) mass is 262 g/mol. The van der Waals surface area contributed by atoms with Crippen LogP contribution in [-0.2, 0) is 4.74 Å². The summed E-state index contributed by atoms with van der Waals surface area (Å²) in [6.07, 6.45) is 2.65. The first-order valence-electron chi connectivity index (χ1n) is 7.39. The average Bonchev–Trinajstić information content (AvgIpc) is 2.94. The van der Waals surface area contributed by atoms with Gasteiger partial charge in [-0.15, -0.1) is 0 Å². The zero-order valence-electron chi connectivity index (χ0n) is 12.4. The molecule has 1 aromatic rings. The summed E-state index contributed by atoms with van der Waals surface area (Å²) in [7, 11) is 1.81. The van der Waals surface area contributed by atoms with Gasteiger partial charge in [-0.2, -0.15) is 0 Å². The maximum Gasteiger partial charge on any atom is 0.0762 e. The molecule has 2 rings (SSSR count). The lowest BCUT2D eigenvalue weighted by Gasteiger charge is -2.21. The number of anilines is 1. The number of benzene rings is 1. The molecule has 1 aliphatic rings. The van der Waals surface area contributed by atoms with Crippen molar-refractivity contribution in [3.05, 3.63) is 29.8 Å². The van der Waals surface area contributed by atoms with Gasteiger partial charge in [0.25, 0.3) is 0 Å². The SMILES string of the molecule is CCNC(CC)c1ccc(N2CCC(OC)C2)cc1. The predicted molar refractivity (Wildman–Crippen MR) is 80.8 cm³/mol. The van der Waals surface area contributed by atoms with Gasteiger partial charge in [0.15, 0.2) is 0 Å². The molecule has 2 atom stereocenters. The molecule has 1 fully saturated rings.